The van der Waals surface area contributed by atoms with Crippen LogP contribution in [0.15, 0.2) is 94.3 Å². The quantitative estimate of drug-likeness (QED) is 0.174. The number of anilines is 1. The SMILES string of the molecule is C=CCc1cc(/C=C2\C(=O)NC(=O)N(c3ccc(Br)cc3)C2=O)cc(OC)c1OS(=O)(=O)c1ccccc1. The number of hydrogen-bond acceptors (Lipinski definition) is 7. The second-order valence-corrected chi connectivity index (χ2v) is 10.5. The lowest BCUT2D eigenvalue weighted by atomic mass is 10.0. The number of benzene rings is 3. The van der Waals surface area contributed by atoms with E-state index in [1.807, 2.05) is 0 Å². The summed E-state index contributed by atoms with van der Waals surface area (Å²) in [6.07, 6.45) is 3.03. The van der Waals surface area contributed by atoms with E-state index in [1.165, 1.54) is 31.4 Å². The first-order valence-corrected chi connectivity index (χ1v) is 13.3. The largest absolute Gasteiger partial charge is 0.493 e. The molecule has 0 unspecified atom stereocenters. The highest BCUT2D eigenvalue weighted by Gasteiger charge is 2.37. The average molecular weight is 597 g/mol. The number of rotatable bonds is 8. The first-order chi connectivity index (χ1) is 18.1. The topological polar surface area (TPSA) is 119 Å². The van der Waals surface area contributed by atoms with Crippen LogP contribution in [-0.2, 0) is 26.1 Å². The summed E-state index contributed by atoms with van der Waals surface area (Å²) in [7, 11) is -2.86. The van der Waals surface area contributed by atoms with Crippen LogP contribution < -0.4 is 19.1 Å². The minimum absolute atomic E-state index is 0.0417. The molecule has 1 aliphatic heterocycles. The van der Waals surface area contributed by atoms with Crippen LogP contribution in [0.3, 0.4) is 0 Å². The molecule has 0 spiro atoms. The zero-order chi connectivity index (χ0) is 27.4. The van der Waals surface area contributed by atoms with Crippen LogP contribution in [0.25, 0.3) is 6.08 Å². The molecule has 0 aliphatic carbocycles. The summed E-state index contributed by atoms with van der Waals surface area (Å²) in [5, 5.41) is 2.17. The van der Waals surface area contributed by atoms with Crippen molar-refractivity contribution in [3.63, 3.8) is 0 Å². The van der Waals surface area contributed by atoms with Gasteiger partial charge in [-0.3, -0.25) is 14.9 Å². The molecule has 1 fully saturated rings. The molecule has 4 rings (SSSR count). The van der Waals surface area contributed by atoms with E-state index in [2.05, 4.69) is 27.8 Å². The molecule has 11 heteroatoms. The van der Waals surface area contributed by atoms with Crippen LogP contribution in [0.2, 0.25) is 0 Å². The zero-order valence-electron chi connectivity index (χ0n) is 20.0. The summed E-state index contributed by atoms with van der Waals surface area (Å²) >= 11 is 3.30. The number of nitrogens with zero attached hydrogens (tertiary/aromatic N) is 1. The Labute approximate surface area is 227 Å². The highest BCUT2D eigenvalue weighted by molar-refractivity contribution is 9.10. The van der Waals surface area contributed by atoms with E-state index >= 15 is 0 Å². The van der Waals surface area contributed by atoms with Crippen molar-refractivity contribution < 1.29 is 31.7 Å². The summed E-state index contributed by atoms with van der Waals surface area (Å²) in [6.45, 7) is 3.71. The predicted molar refractivity (Wildman–Crippen MR) is 144 cm³/mol. The van der Waals surface area contributed by atoms with Crippen LogP contribution in [0, 0.1) is 0 Å². The first-order valence-electron chi connectivity index (χ1n) is 11.1. The van der Waals surface area contributed by atoms with Gasteiger partial charge in [-0.2, -0.15) is 8.42 Å². The zero-order valence-corrected chi connectivity index (χ0v) is 22.4. The molecule has 38 heavy (non-hydrogen) atoms. The van der Waals surface area contributed by atoms with Gasteiger partial charge in [0.15, 0.2) is 11.5 Å². The van der Waals surface area contributed by atoms with E-state index in [0.717, 1.165) is 9.37 Å². The highest BCUT2D eigenvalue weighted by atomic mass is 79.9. The normalized spacial score (nSPS) is 14.8. The third-order valence-corrected chi connectivity index (χ3v) is 7.22. The van der Waals surface area contributed by atoms with Gasteiger partial charge >= 0.3 is 16.1 Å². The predicted octanol–water partition coefficient (Wildman–Crippen LogP) is 4.62. The number of halogens is 1. The van der Waals surface area contributed by atoms with E-state index in [9.17, 15) is 22.8 Å². The van der Waals surface area contributed by atoms with Gasteiger partial charge in [-0.25, -0.2) is 9.69 Å². The molecule has 0 radical (unpaired) electrons. The van der Waals surface area contributed by atoms with Gasteiger partial charge < -0.3 is 8.92 Å². The summed E-state index contributed by atoms with van der Waals surface area (Å²) in [5.74, 6) is -1.69. The molecule has 1 aliphatic rings. The van der Waals surface area contributed by atoms with Gasteiger partial charge in [-0.1, -0.05) is 40.2 Å². The molecular formula is C27H21BrN2O7S. The van der Waals surface area contributed by atoms with Gasteiger partial charge in [-0.15, -0.1) is 6.58 Å². The minimum Gasteiger partial charge on any atom is -0.493 e. The van der Waals surface area contributed by atoms with Crippen molar-refractivity contribution in [2.45, 2.75) is 11.3 Å². The van der Waals surface area contributed by atoms with Crippen molar-refractivity contribution in [2.75, 3.05) is 12.0 Å². The summed E-state index contributed by atoms with van der Waals surface area (Å²) in [6, 6.07) is 16.2. The summed E-state index contributed by atoms with van der Waals surface area (Å²) in [4.78, 5) is 39.1. The van der Waals surface area contributed by atoms with Gasteiger partial charge in [0.05, 0.1) is 12.8 Å². The smallest absolute Gasteiger partial charge is 0.339 e. The molecular weight excluding hydrogens is 576 g/mol. The maximum Gasteiger partial charge on any atom is 0.339 e. The fourth-order valence-corrected chi connectivity index (χ4v) is 4.97. The van der Waals surface area contributed by atoms with Gasteiger partial charge in [-0.05, 0) is 66.6 Å². The number of nitrogens with one attached hydrogen (secondary N) is 1. The summed E-state index contributed by atoms with van der Waals surface area (Å²) < 4.78 is 37.4. The van der Waals surface area contributed by atoms with Gasteiger partial charge in [0, 0.05) is 10.0 Å². The van der Waals surface area contributed by atoms with E-state index in [-0.39, 0.29) is 34.1 Å². The highest BCUT2D eigenvalue weighted by Crippen LogP contribution is 2.36. The lowest BCUT2D eigenvalue weighted by Crippen LogP contribution is -2.54. The Morgan fingerprint density at radius 2 is 1.71 bits per heavy atom. The minimum atomic E-state index is -4.19. The number of methoxy groups -OCH3 is 1. The van der Waals surface area contributed by atoms with Crippen molar-refractivity contribution >= 4 is 55.7 Å². The van der Waals surface area contributed by atoms with Gasteiger partial charge in [0.25, 0.3) is 11.8 Å². The Kier molecular flexibility index (Phi) is 7.79. The number of hydrogen-bond donors (Lipinski definition) is 1. The molecule has 0 atom stereocenters. The Morgan fingerprint density at radius 1 is 1.03 bits per heavy atom. The second kappa shape index (κ2) is 11.0. The van der Waals surface area contributed by atoms with Crippen LogP contribution in [-0.4, -0.2) is 33.4 Å². The molecule has 0 bridgehead atoms. The summed E-state index contributed by atoms with van der Waals surface area (Å²) in [5.41, 5.74) is 0.695. The number of carbonyl (C=O) groups is 3. The molecule has 1 N–H and O–H groups in total. The van der Waals surface area contributed by atoms with E-state index in [4.69, 9.17) is 8.92 Å². The molecule has 1 heterocycles. The maximum atomic E-state index is 13.2. The van der Waals surface area contributed by atoms with Crippen LogP contribution in [0.5, 0.6) is 11.5 Å². The van der Waals surface area contributed by atoms with Crippen LogP contribution in [0.1, 0.15) is 11.1 Å². The van der Waals surface area contributed by atoms with E-state index < -0.39 is 28.0 Å². The maximum absolute atomic E-state index is 13.2. The third kappa shape index (κ3) is 5.53. The van der Waals surface area contributed by atoms with Crippen molar-refractivity contribution in [3.8, 4) is 11.5 Å². The molecule has 1 saturated heterocycles. The molecule has 0 aromatic heterocycles. The fourth-order valence-electron chi connectivity index (χ4n) is 3.71. The van der Waals surface area contributed by atoms with Gasteiger partial charge in [0.1, 0.15) is 10.5 Å². The molecule has 3 aromatic rings. The van der Waals surface area contributed by atoms with Crippen molar-refractivity contribution in [1.29, 1.82) is 0 Å². The Hall–Kier alpha value is -4.22. The fraction of sp³-hybridized carbons (Fsp3) is 0.0741. The number of barbiturate groups is 1. The lowest BCUT2D eigenvalue weighted by molar-refractivity contribution is -0.122. The van der Waals surface area contributed by atoms with Crippen molar-refractivity contribution in [2.24, 2.45) is 0 Å². The Balaban J connectivity index is 1.76. The monoisotopic (exact) mass is 596 g/mol. The number of urea groups is 1. The number of ether oxygens (including phenoxy) is 1. The number of amides is 4. The average Bonchev–Trinajstić information content (AvgIpc) is 2.89. The molecule has 3 aromatic carbocycles. The number of allylic oxidation sites excluding steroid dienone is 1. The molecule has 9 nitrogen and oxygen atoms in total. The molecule has 194 valence electrons. The second-order valence-electron chi connectivity index (χ2n) is 7.99. The van der Waals surface area contributed by atoms with E-state index in [1.54, 1.807) is 54.6 Å². The van der Waals surface area contributed by atoms with Crippen molar-refractivity contribution in [3.05, 3.63) is 101 Å². The van der Waals surface area contributed by atoms with Crippen LogP contribution in [0.4, 0.5) is 10.5 Å². The third-order valence-electron chi connectivity index (χ3n) is 5.46. The Morgan fingerprint density at radius 3 is 2.34 bits per heavy atom. The van der Waals surface area contributed by atoms with Crippen molar-refractivity contribution in [1.82, 2.24) is 5.32 Å². The Bertz CT molecular complexity index is 1570. The molecule has 4 amide bonds. The van der Waals surface area contributed by atoms with Crippen LogP contribution >= 0.6 is 15.9 Å². The number of carbonyl (C=O) groups excluding carboxylic acids is 3. The number of imide groups is 2. The molecule has 0 saturated carbocycles. The standard InChI is InChI=1S/C27H21BrN2O7S/c1-3-7-18-14-17(16-23(36-2)24(18)37-38(34,35)21-8-5-4-6-9-21)15-22-25(31)29-27(33)30(26(22)32)20-12-10-19(28)11-13-20/h3-6,8-16H,1,7H2,2H3,(H,29,31,33)/b22-15+. The van der Waals surface area contributed by atoms with Gasteiger partial charge in [0.2, 0.25) is 0 Å². The van der Waals surface area contributed by atoms with E-state index in [0.29, 0.717) is 11.1 Å². The first kappa shape index (κ1) is 26.8. The lowest BCUT2D eigenvalue weighted by Gasteiger charge is -2.26.